The molecule has 1 aromatic heterocycles. The van der Waals surface area contributed by atoms with E-state index in [9.17, 15) is 4.79 Å². The molecule has 3 aromatic rings. The number of ether oxygens (including phenoxy) is 2. The number of aromatic nitrogens is 1. The highest BCUT2D eigenvalue weighted by atomic mass is 79.9. The molecule has 1 heterocycles. The number of thiazole rings is 1. The van der Waals surface area contributed by atoms with Gasteiger partial charge in [0.1, 0.15) is 0 Å². The van der Waals surface area contributed by atoms with Crippen molar-refractivity contribution < 1.29 is 14.3 Å². The first-order valence-electron chi connectivity index (χ1n) is 7.78. The molecule has 5 nitrogen and oxygen atoms in total. The van der Waals surface area contributed by atoms with Gasteiger partial charge in [0.15, 0.2) is 16.6 Å². The van der Waals surface area contributed by atoms with E-state index in [0.29, 0.717) is 16.6 Å². The maximum absolute atomic E-state index is 12.2. The molecular weight excluding hydrogens is 416 g/mol. The summed E-state index contributed by atoms with van der Waals surface area (Å²) in [5, 5.41) is 3.39. The fourth-order valence-electron chi connectivity index (χ4n) is 2.49. The number of hydrogen-bond donors (Lipinski definition) is 1. The summed E-state index contributed by atoms with van der Waals surface area (Å²) in [6, 6.07) is 9.63. The van der Waals surface area contributed by atoms with Crippen molar-refractivity contribution in [1.82, 2.24) is 4.98 Å². The van der Waals surface area contributed by atoms with Gasteiger partial charge in [-0.3, -0.25) is 10.1 Å². The van der Waals surface area contributed by atoms with Crippen LogP contribution in [0.15, 0.2) is 40.9 Å². The molecule has 0 radical (unpaired) electrons. The summed E-state index contributed by atoms with van der Waals surface area (Å²) < 4.78 is 12.4. The van der Waals surface area contributed by atoms with Gasteiger partial charge in [-0.15, -0.1) is 0 Å². The first kappa shape index (κ1) is 18.4. The number of carbonyl (C=O) groups excluding carboxylic acids is 1. The Kier molecular flexibility index (Phi) is 5.58. The van der Waals surface area contributed by atoms with Gasteiger partial charge < -0.3 is 9.47 Å². The lowest BCUT2D eigenvalue weighted by Gasteiger charge is -2.10. The van der Waals surface area contributed by atoms with E-state index in [2.05, 4.69) is 26.2 Å². The average molecular weight is 433 g/mol. The number of benzene rings is 2. The molecule has 134 valence electrons. The smallest absolute Gasteiger partial charge is 0.250 e. The third kappa shape index (κ3) is 3.89. The van der Waals surface area contributed by atoms with Gasteiger partial charge in [0, 0.05) is 6.08 Å². The Bertz CT molecular complexity index is 998. The molecular formula is C19H17BrN2O3S. The second kappa shape index (κ2) is 7.88. The molecule has 3 rings (SSSR count). The molecule has 0 aliphatic rings. The molecule has 0 saturated carbocycles. The van der Waals surface area contributed by atoms with Crippen LogP contribution < -0.4 is 14.8 Å². The lowest BCUT2D eigenvalue weighted by molar-refractivity contribution is -0.111. The number of para-hydroxylation sites is 1. The molecule has 1 N–H and O–H groups in total. The fourth-order valence-corrected chi connectivity index (χ4v) is 4.06. The first-order valence-corrected chi connectivity index (χ1v) is 9.39. The molecule has 26 heavy (non-hydrogen) atoms. The third-order valence-electron chi connectivity index (χ3n) is 3.73. The summed E-state index contributed by atoms with van der Waals surface area (Å²) in [5.41, 5.74) is 2.82. The van der Waals surface area contributed by atoms with Gasteiger partial charge in [-0.2, -0.15) is 0 Å². The summed E-state index contributed by atoms with van der Waals surface area (Å²) in [7, 11) is 3.14. The average Bonchev–Trinajstić information content (AvgIpc) is 3.03. The van der Waals surface area contributed by atoms with Crippen molar-refractivity contribution in [3.8, 4) is 11.5 Å². The van der Waals surface area contributed by atoms with Crippen LogP contribution in [0.3, 0.4) is 0 Å². The number of halogens is 1. The molecule has 0 unspecified atom stereocenters. The Morgan fingerprint density at radius 1 is 1.27 bits per heavy atom. The summed E-state index contributed by atoms with van der Waals surface area (Å²) in [6.07, 6.45) is 3.17. The normalized spacial score (nSPS) is 11.1. The molecule has 7 heteroatoms. The van der Waals surface area contributed by atoms with E-state index in [1.165, 1.54) is 17.4 Å². The number of nitrogens with one attached hydrogen (secondary N) is 1. The number of carbonyl (C=O) groups is 1. The lowest BCUT2D eigenvalue weighted by Crippen LogP contribution is -2.07. The van der Waals surface area contributed by atoms with Crippen LogP contribution in [0.4, 0.5) is 5.13 Å². The van der Waals surface area contributed by atoms with Gasteiger partial charge in [-0.05, 0) is 58.3 Å². The van der Waals surface area contributed by atoms with Gasteiger partial charge in [0.25, 0.3) is 0 Å². The number of hydrogen-bond acceptors (Lipinski definition) is 5. The minimum absolute atomic E-state index is 0.243. The van der Waals surface area contributed by atoms with Crippen LogP contribution in [0, 0.1) is 6.92 Å². The summed E-state index contributed by atoms with van der Waals surface area (Å²) >= 11 is 4.89. The van der Waals surface area contributed by atoms with Crippen LogP contribution in [0.5, 0.6) is 11.5 Å². The van der Waals surface area contributed by atoms with Crippen molar-refractivity contribution in [2.45, 2.75) is 6.92 Å². The quantitative estimate of drug-likeness (QED) is 0.573. The molecule has 0 atom stereocenters. The van der Waals surface area contributed by atoms with E-state index in [1.807, 2.05) is 31.2 Å². The number of aryl methyl sites for hydroxylation is 1. The molecule has 1 amide bonds. The van der Waals surface area contributed by atoms with Crippen LogP contribution in [0.1, 0.15) is 11.1 Å². The number of fused-ring (bicyclic) bond motifs is 1. The topological polar surface area (TPSA) is 60.5 Å². The van der Waals surface area contributed by atoms with Crippen molar-refractivity contribution in [3.05, 3.63) is 52.0 Å². The van der Waals surface area contributed by atoms with Crippen molar-refractivity contribution in [1.29, 1.82) is 0 Å². The van der Waals surface area contributed by atoms with Gasteiger partial charge >= 0.3 is 0 Å². The first-order chi connectivity index (χ1) is 12.5. The summed E-state index contributed by atoms with van der Waals surface area (Å²) in [6.45, 7) is 2.00. The second-order valence-corrected chi connectivity index (χ2v) is 7.39. The highest BCUT2D eigenvalue weighted by molar-refractivity contribution is 9.10. The Balaban J connectivity index is 1.77. The molecule has 0 aliphatic heterocycles. The third-order valence-corrected chi connectivity index (χ3v) is 5.26. The standard InChI is InChI=1S/C19H17BrN2O3S/c1-11-5-4-6-15-17(11)22-19(26-15)21-16(23)8-7-12-9-13(20)18(25-3)14(10-12)24-2/h4-10H,1-3H3,(H,21,22,23)/b8-7+. The van der Waals surface area contributed by atoms with Gasteiger partial charge in [0.05, 0.1) is 28.9 Å². The molecule has 0 bridgehead atoms. The zero-order chi connectivity index (χ0) is 18.7. The highest BCUT2D eigenvalue weighted by Crippen LogP contribution is 2.36. The van der Waals surface area contributed by atoms with E-state index in [1.54, 1.807) is 26.4 Å². The van der Waals surface area contributed by atoms with Crippen molar-refractivity contribution in [2.24, 2.45) is 0 Å². The highest BCUT2D eigenvalue weighted by Gasteiger charge is 2.10. The van der Waals surface area contributed by atoms with E-state index < -0.39 is 0 Å². The van der Waals surface area contributed by atoms with Crippen molar-refractivity contribution in [2.75, 3.05) is 19.5 Å². The predicted molar refractivity (Wildman–Crippen MR) is 109 cm³/mol. The minimum atomic E-state index is -0.243. The van der Waals surface area contributed by atoms with Crippen LogP contribution in [-0.4, -0.2) is 25.1 Å². The summed E-state index contributed by atoms with van der Waals surface area (Å²) in [5.74, 6) is 0.954. The Morgan fingerprint density at radius 2 is 2.08 bits per heavy atom. The Labute approximate surface area is 163 Å². The fraction of sp³-hybridized carbons (Fsp3) is 0.158. The van der Waals surface area contributed by atoms with Gasteiger partial charge in [-0.1, -0.05) is 23.5 Å². The predicted octanol–water partition coefficient (Wildman–Crippen LogP) is 5.04. The van der Waals surface area contributed by atoms with Crippen molar-refractivity contribution in [3.63, 3.8) is 0 Å². The van der Waals surface area contributed by atoms with Crippen LogP contribution in [0.25, 0.3) is 16.3 Å². The Morgan fingerprint density at radius 3 is 2.77 bits per heavy atom. The molecule has 0 saturated heterocycles. The zero-order valence-electron chi connectivity index (χ0n) is 14.5. The monoisotopic (exact) mass is 432 g/mol. The number of amides is 1. The summed E-state index contributed by atoms with van der Waals surface area (Å²) in [4.78, 5) is 16.7. The molecule has 2 aromatic carbocycles. The van der Waals surface area contributed by atoms with Crippen LogP contribution in [0.2, 0.25) is 0 Å². The van der Waals surface area contributed by atoms with Gasteiger partial charge in [-0.25, -0.2) is 4.98 Å². The van der Waals surface area contributed by atoms with E-state index in [4.69, 9.17) is 9.47 Å². The maximum Gasteiger partial charge on any atom is 0.250 e. The largest absolute Gasteiger partial charge is 0.493 e. The number of methoxy groups -OCH3 is 2. The van der Waals surface area contributed by atoms with Gasteiger partial charge in [0.2, 0.25) is 5.91 Å². The number of rotatable bonds is 5. The Hall–Kier alpha value is -2.38. The van der Waals surface area contributed by atoms with E-state index in [0.717, 1.165) is 25.8 Å². The number of nitrogens with zero attached hydrogens (tertiary/aromatic N) is 1. The second-order valence-electron chi connectivity index (χ2n) is 5.50. The zero-order valence-corrected chi connectivity index (χ0v) is 16.9. The molecule has 0 aliphatic carbocycles. The number of anilines is 1. The molecule has 0 fully saturated rings. The molecule has 0 spiro atoms. The lowest BCUT2D eigenvalue weighted by atomic mass is 10.2. The maximum atomic E-state index is 12.2. The van der Waals surface area contributed by atoms with Crippen molar-refractivity contribution >= 4 is 54.6 Å². The van der Waals surface area contributed by atoms with E-state index in [-0.39, 0.29) is 5.91 Å². The van der Waals surface area contributed by atoms with Crippen LogP contribution >= 0.6 is 27.3 Å². The SMILES string of the molecule is COc1cc(/C=C/C(=O)Nc2nc3c(C)cccc3s2)cc(Br)c1OC. The minimum Gasteiger partial charge on any atom is -0.493 e. The van der Waals surface area contributed by atoms with Crippen LogP contribution in [-0.2, 0) is 4.79 Å². The van der Waals surface area contributed by atoms with E-state index >= 15 is 0 Å².